The van der Waals surface area contributed by atoms with E-state index in [-0.39, 0.29) is 12.3 Å². The van der Waals surface area contributed by atoms with Crippen LogP contribution in [0.15, 0.2) is 58.7 Å². The fraction of sp³-hybridized carbons (Fsp3) is 0.176. The highest BCUT2D eigenvalue weighted by Gasteiger charge is 2.34. The summed E-state index contributed by atoms with van der Waals surface area (Å²) >= 11 is 5.92. The SMILES string of the molecule is [N-]=[N+]=NCC(=O)N1N=C(c2ccc(Cl)cc2)C[C@@H]1c1ccccc1O. The number of halogens is 1. The van der Waals surface area contributed by atoms with E-state index < -0.39 is 11.9 Å². The van der Waals surface area contributed by atoms with Crippen molar-refractivity contribution >= 4 is 23.2 Å². The van der Waals surface area contributed by atoms with Crippen molar-refractivity contribution in [3.05, 3.63) is 75.1 Å². The van der Waals surface area contributed by atoms with Gasteiger partial charge < -0.3 is 5.11 Å². The van der Waals surface area contributed by atoms with Gasteiger partial charge in [0.05, 0.1) is 11.8 Å². The molecule has 0 bridgehead atoms. The van der Waals surface area contributed by atoms with E-state index in [1.807, 2.05) is 12.1 Å². The van der Waals surface area contributed by atoms with Gasteiger partial charge in [0.1, 0.15) is 12.3 Å². The first-order valence-corrected chi connectivity index (χ1v) is 7.92. The van der Waals surface area contributed by atoms with E-state index in [9.17, 15) is 9.90 Å². The predicted molar refractivity (Wildman–Crippen MR) is 94.3 cm³/mol. The molecule has 0 unspecified atom stereocenters. The molecule has 0 spiro atoms. The lowest BCUT2D eigenvalue weighted by Crippen LogP contribution is -2.28. The molecule has 126 valence electrons. The third-order valence-corrected chi connectivity index (χ3v) is 4.16. The summed E-state index contributed by atoms with van der Waals surface area (Å²) in [5.41, 5.74) is 10.6. The molecule has 0 saturated heterocycles. The number of amides is 1. The van der Waals surface area contributed by atoms with Crippen LogP contribution in [0.4, 0.5) is 0 Å². The van der Waals surface area contributed by atoms with Crippen molar-refractivity contribution in [2.45, 2.75) is 12.5 Å². The molecule has 1 aliphatic heterocycles. The summed E-state index contributed by atoms with van der Waals surface area (Å²) in [5, 5.41) is 19.7. The molecular formula is C17H14ClN5O2. The Hall–Kier alpha value is -3.02. The molecule has 0 fully saturated rings. The first-order chi connectivity index (χ1) is 12.1. The second kappa shape index (κ2) is 7.25. The number of rotatable bonds is 4. The lowest BCUT2D eigenvalue weighted by atomic mass is 9.98. The van der Waals surface area contributed by atoms with Crippen molar-refractivity contribution in [1.29, 1.82) is 0 Å². The van der Waals surface area contributed by atoms with Crippen LogP contribution in [0, 0.1) is 0 Å². The molecule has 1 atom stereocenters. The predicted octanol–water partition coefficient (Wildman–Crippen LogP) is 4.03. The molecule has 0 saturated carbocycles. The van der Waals surface area contributed by atoms with Gasteiger partial charge in [0.2, 0.25) is 5.91 Å². The van der Waals surface area contributed by atoms with Crippen molar-refractivity contribution in [3.8, 4) is 5.75 Å². The Labute approximate surface area is 148 Å². The van der Waals surface area contributed by atoms with Gasteiger partial charge >= 0.3 is 0 Å². The molecule has 1 heterocycles. The monoisotopic (exact) mass is 355 g/mol. The first kappa shape index (κ1) is 16.8. The fourth-order valence-corrected chi connectivity index (χ4v) is 2.86. The molecule has 25 heavy (non-hydrogen) atoms. The van der Waals surface area contributed by atoms with Crippen molar-refractivity contribution in [1.82, 2.24) is 5.01 Å². The summed E-state index contributed by atoms with van der Waals surface area (Å²) in [4.78, 5) is 15.0. The second-order valence-electron chi connectivity index (χ2n) is 5.46. The molecule has 2 aromatic carbocycles. The number of hydrogen-bond donors (Lipinski definition) is 1. The fourth-order valence-electron chi connectivity index (χ4n) is 2.73. The van der Waals surface area contributed by atoms with Crippen LogP contribution in [0.2, 0.25) is 5.02 Å². The molecule has 1 N–H and O–H groups in total. The number of phenolic OH excluding ortho intramolecular Hbond substituents is 1. The number of carbonyl (C=O) groups excluding carboxylic acids is 1. The number of para-hydroxylation sites is 1. The second-order valence-corrected chi connectivity index (χ2v) is 5.90. The summed E-state index contributed by atoms with van der Waals surface area (Å²) in [6.45, 7) is -0.335. The number of hydrogen-bond acceptors (Lipinski definition) is 4. The summed E-state index contributed by atoms with van der Waals surface area (Å²) in [6, 6.07) is 13.5. The Morgan fingerprint density at radius 3 is 2.72 bits per heavy atom. The standard InChI is InChI=1S/C17H14ClN5O2/c18-12-7-5-11(6-8-12)14-9-15(13-3-1-2-4-16(13)24)23(21-14)17(25)10-20-22-19/h1-8,15,24H,9-10H2/t15-/m1/s1. The van der Waals surface area contributed by atoms with Gasteiger partial charge in [0.25, 0.3) is 0 Å². The van der Waals surface area contributed by atoms with Crippen LogP contribution < -0.4 is 0 Å². The van der Waals surface area contributed by atoms with Crippen LogP contribution in [0.25, 0.3) is 10.4 Å². The zero-order valence-corrected chi connectivity index (χ0v) is 13.8. The van der Waals surface area contributed by atoms with Gasteiger partial charge in [-0.1, -0.05) is 47.0 Å². The Kier molecular flexibility index (Phi) is 4.88. The van der Waals surface area contributed by atoms with E-state index in [4.69, 9.17) is 17.1 Å². The van der Waals surface area contributed by atoms with Crippen molar-refractivity contribution < 1.29 is 9.90 Å². The Bertz CT molecular complexity index is 875. The molecule has 3 rings (SSSR count). The van der Waals surface area contributed by atoms with Crippen molar-refractivity contribution in [2.75, 3.05) is 6.54 Å². The van der Waals surface area contributed by atoms with E-state index in [2.05, 4.69) is 15.1 Å². The van der Waals surface area contributed by atoms with E-state index in [0.29, 0.717) is 22.7 Å². The van der Waals surface area contributed by atoms with Gasteiger partial charge in [-0.2, -0.15) is 5.10 Å². The first-order valence-electron chi connectivity index (χ1n) is 7.54. The molecular weight excluding hydrogens is 342 g/mol. The zero-order chi connectivity index (χ0) is 17.8. The average molecular weight is 356 g/mol. The lowest BCUT2D eigenvalue weighted by Gasteiger charge is -2.22. The Balaban J connectivity index is 1.97. The number of azide groups is 1. The van der Waals surface area contributed by atoms with Gasteiger partial charge in [-0.25, -0.2) is 5.01 Å². The minimum Gasteiger partial charge on any atom is -0.508 e. The third-order valence-electron chi connectivity index (χ3n) is 3.91. The molecule has 1 amide bonds. The highest BCUT2D eigenvalue weighted by molar-refractivity contribution is 6.30. The summed E-state index contributed by atoms with van der Waals surface area (Å²) in [5.74, 6) is -0.350. The topological polar surface area (TPSA) is 102 Å². The molecule has 0 aliphatic carbocycles. The molecule has 0 radical (unpaired) electrons. The number of nitrogens with zero attached hydrogens (tertiary/aromatic N) is 5. The van der Waals surface area contributed by atoms with Gasteiger partial charge in [-0.15, -0.1) is 0 Å². The van der Waals surface area contributed by atoms with Crippen LogP contribution >= 0.6 is 11.6 Å². The quantitative estimate of drug-likeness (QED) is 0.508. The number of benzene rings is 2. The minimum atomic E-state index is -0.465. The molecule has 2 aromatic rings. The van der Waals surface area contributed by atoms with Crippen LogP contribution in [0.5, 0.6) is 5.75 Å². The van der Waals surface area contributed by atoms with Crippen molar-refractivity contribution in [3.63, 3.8) is 0 Å². The highest BCUT2D eigenvalue weighted by Crippen LogP contribution is 2.37. The van der Waals surface area contributed by atoms with Gasteiger partial charge in [0.15, 0.2) is 0 Å². The van der Waals surface area contributed by atoms with Gasteiger partial charge in [-0.3, -0.25) is 4.79 Å². The van der Waals surface area contributed by atoms with Crippen molar-refractivity contribution in [2.24, 2.45) is 10.2 Å². The third kappa shape index (κ3) is 3.57. The van der Waals surface area contributed by atoms with E-state index in [0.717, 1.165) is 5.56 Å². The molecule has 1 aliphatic rings. The largest absolute Gasteiger partial charge is 0.508 e. The van der Waals surface area contributed by atoms with E-state index in [1.54, 1.807) is 36.4 Å². The van der Waals surface area contributed by atoms with Crippen LogP contribution in [-0.4, -0.2) is 28.3 Å². The highest BCUT2D eigenvalue weighted by atomic mass is 35.5. The van der Waals surface area contributed by atoms with Crippen LogP contribution in [-0.2, 0) is 4.79 Å². The normalized spacial score (nSPS) is 16.3. The molecule has 7 nitrogen and oxygen atoms in total. The zero-order valence-electron chi connectivity index (χ0n) is 13.1. The van der Waals surface area contributed by atoms with E-state index >= 15 is 0 Å². The summed E-state index contributed by atoms with van der Waals surface area (Å²) < 4.78 is 0. The summed E-state index contributed by atoms with van der Waals surface area (Å²) in [6.07, 6.45) is 0.432. The number of phenols is 1. The average Bonchev–Trinajstić information content (AvgIpc) is 3.06. The van der Waals surface area contributed by atoms with E-state index in [1.165, 1.54) is 5.01 Å². The van der Waals surface area contributed by atoms with Gasteiger partial charge in [0, 0.05) is 21.9 Å². The maximum Gasteiger partial charge on any atom is 0.249 e. The number of carbonyl (C=O) groups is 1. The smallest absolute Gasteiger partial charge is 0.249 e. The van der Waals surface area contributed by atoms with Crippen LogP contribution in [0.1, 0.15) is 23.6 Å². The number of hydrazone groups is 1. The maximum absolute atomic E-state index is 12.4. The van der Waals surface area contributed by atoms with Crippen LogP contribution in [0.3, 0.4) is 0 Å². The Morgan fingerprint density at radius 1 is 1.32 bits per heavy atom. The molecule has 8 heteroatoms. The van der Waals surface area contributed by atoms with Gasteiger partial charge in [-0.05, 0) is 29.3 Å². The maximum atomic E-state index is 12.4. The minimum absolute atomic E-state index is 0.0849. The Morgan fingerprint density at radius 2 is 2.04 bits per heavy atom. The molecule has 0 aromatic heterocycles. The summed E-state index contributed by atoms with van der Waals surface area (Å²) in [7, 11) is 0. The number of aromatic hydroxyl groups is 1. The lowest BCUT2D eigenvalue weighted by molar-refractivity contribution is -0.131.